The number of anilines is 1. The van der Waals surface area contributed by atoms with E-state index in [1.165, 1.54) is 12.0 Å². The van der Waals surface area contributed by atoms with Crippen molar-refractivity contribution in [3.05, 3.63) is 29.8 Å². The Morgan fingerprint density at radius 1 is 0.870 bits per heavy atom. The van der Waals surface area contributed by atoms with Gasteiger partial charge in [0.1, 0.15) is 5.41 Å². The van der Waals surface area contributed by atoms with Gasteiger partial charge in [-0.1, -0.05) is 18.2 Å². The average Bonchev–Trinajstić information content (AvgIpc) is 3.42. The molecule has 0 bridgehead atoms. The quantitative estimate of drug-likeness (QED) is 0.788. The highest BCUT2D eigenvalue weighted by Crippen LogP contribution is 2.50. The number of hydrogen-bond acceptors (Lipinski definition) is 2. The Bertz CT molecular complexity index is 630. The number of amides is 2. The van der Waals surface area contributed by atoms with Gasteiger partial charge in [0.2, 0.25) is 11.8 Å². The fourth-order valence-electron chi connectivity index (χ4n) is 4.05. The predicted molar refractivity (Wildman–Crippen MR) is 89.2 cm³/mol. The molecule has 2 heterocycles. The van der Waals surface area contributed by atoms with Crippen LogP contribution in [-0.4, -0.2) is 36.3 Å². The number of benzene rings is 1. The molecule has 0 unspecified atom stereocenters. The number of nitrogens with zero attached hydrogens (tertiary/aromatic N) is 2. The molecule has 1 saturated heterocycles. The van der Waals surface area contributed by atoms with E-state index in [0.717, 1.165) is 63.8 Å². The number of para-hydroxylation sites is 1. The molecule has 1 aliphatic carbocycles. The molecule has 23 heavy (non-hydrogen) atoms. The smallest absolute Gasteiger partial charge is 0.242 e. The molecule has 0 radical (unpaired) electrons. The highest BCUT2D eigenvalue weighted by atomic mass is 16.2. The van der Waals surface area contributed by atoms with Crippen molar-refractivity contribution in [1.82, 2.24) is 4.90 Å². The van der Waals surface area contributed by atoms with Crippen LogP contribution in [0.2, 0.25) is 0 Å². The summed E-state index contributed by atoms with van der Waals surface area (Å²) in [6.45, 7) is 2.39. The fraction of sp³-hybridized carbons (Fsp3) is 0.579. The van der Waals surface area contributed by atoms with Crippen LogP contribution in [0.25, 0.3) is 0 Å². The third-order valence-electron chi connectivity index (χ3n) is 5.57. The van der Waals surface area contributed by atoms with Crippen molar-refractivity contribution in [3.63, 3.8) is 0 Å². The minimum atomic E-state index is -0.748. The molecule has 4 nitrogen and oxygen atoms in total. The van der Waals surface area contributed by atoms with Crippen molar-refractivity contribution in [2.75, 3.05) is 24.5 Å². The van der Waals surface area contributed by atoms with Gasteiger partial charge in [-0.3, -0.25) is 9.59 Å². The third kappa shape index (κ3) is 2.44. The van der Waals surface area contributed by atoms with Gasteiger partial charge in [0, 0.05) is 25.3 Å². The minimum Gasteiger partial charge on any atom is -0.342 e. The zero-order valence-electron chi connectivity index (χ0n) is 13.6. The maximum absolute atomic E-state index is 13.2. The monoisotopic (exact) mass is 312 g/mol. The Balaban J connectivity index is 1.58. The second-order valence-electron chi connectivity index (χ2n) is 7.12. The lowest BCUT2D eigenvalue weighted by Gasteiger charge is -2.35. The van der Waals surface area contributed by atoms with E-state index in [2.05, 4.69) is 6.07 Å². The van der Waals surface area contributed by atoms with Gasteiger partial charge in [0.25, 0.3) is 0 Å². The zero-order chi connectivity index (χ0) is 15.9. The van der Waals surface area contributed by atoms with Crippen molar-refractivity contribution in [3.8, 4) is 0 Å². The molecule has 4 rings (SSSR count). The van der Waals surface area contributed by atoms with Gasteiger partial charge in [-0.05, 0) is 56.6 Å². The summed E-state index contributed by atoms with van der Waals surface area (Å²) in [4.78, 5) is 30.0. The Morgan fingerprint density at radius 2 is 1.61 bits per heavy atom. The van der Waals surface area contributed by atoms with Crippen LogP contribution in [0.5, 0.6) is 0 Å². The number of piperidine rings is 1. The Labute approximate surface area is 137 Å². The molecule has 0 N–H and O–H groups in total. The molecule has 2 amide bonds. The van der Waals surface area contributed by atoms with Gasteiger partial charge in [-0.2, -0.15) is 0 Å². The lowest BCUT2D eigenvalue weighted by molar-refractivity contribution is -0.143. The largest absolute Gasteiger partial charge is 0.342 e. The normalized spacial score (nSPS) is 22.4. The van der Waals surface area contributed by atoms with Crippen molar-refractivity contribution >= 4 is 17.5 Å². The lowest BCUT2D eigenvalue weighted by atomic mass is 9.96. The first kappa shape index (κ1) is 14.7. The first-order chi connectivity index (χ1) is 11.2. The van der Waals surface area contributed by atoms with E-state index >= 15 is 0 Å². The van der Waals surface area contributed by atoms with Crippen molar-refractivity contribution in [2.45, 2.75) is 44.9 Å². The Hall–Kier alpha value is -1.84. The van der Waals surface area contributed by atoms with Gasteiger partial charge >= 0.3 is 0 Å². The summed E-state index contributed by atoms with van der Waals surface area (Å²) in [5.41, 5.74) is 1.50. The highest BCUT2D eigenvalue weighted by molar-refractivity contribution is 6.14. The van der Waals surface area contributed by atoms with E-state index in [4.69, 9.17) is 0 Å². The van der Waals surface area contributed by atoms with Crippen molar-refractivity contribution in [2.24, 2.45) is 5.41 Å². The van der Waals surface area contributed by atoms with E-state index in [0.29, 0.717) is 0 Å². The lowest BCUT2D eigenvalue weighted by Crippen LogP contribution is -2.49. The second kappa shape index (κ2) is 5.66. The molecule has 0 aromatic heterocycles. The molecule has 122 valence electrons. The number of likely N-dealkylation sites (tertiary alicyclic amines) is 1. The number of fused-ring (bicyclic) bond motifs is 1. The van der Waals surface area contributed by atoms with Crippen LogP contribution in [0, 0.1) is 5.41 Å². The van der Waals surface area contributed by atoms with E-state index in [1.807, 2.05) is 28.0 Å². The number of rotatable bonds is 2. The SMILES string of the molecule is O=C(N1CCCCC1)C1(C(=O)N2CCCc3ccccc32)CC1. The van der Waals surface area contributed by atoms with E-state index in [9.17, 15) is 9.59 Å². The Morgan fingerprint density at radius 3 is 2.35 bits per heavy atom. The summed E-state index contributed by atoms with van der Waals surface area (Å²) in [6, 6.07) is 8.13. The molecular weight excluding hydrogens is 288 g/mol. The topological polar surface area (TPSA) is 40.6 Å². The molecular formula is C19H24N2O2. The molecule has 0 atom stereocenters. The molecule has 4 heteroatoms. The van der Waals surface area contributed by atoms with Crippen molar-refractivity contribution < 1.29 is 9.59 Å². The molecule has 1 saturated carbocycles. The van der Waals surface area contributed by atoms with Crippen molar-refractivity contribution in [1.29, 1.82) is 0 Å². The summed E-state index contributed by atoms with van der Waals surface area (Å²) in [5, 5.41) is 0. The average molecular weight is 312 g/mol. The predicted octanol–water partition coefficient (Wildman–Crippen LogP) is 2.76. The molecule has 1 aromatic carbocycles. The third-order valence-corrected chi connectivity index (χ3v) is 5.57. The zero-order valence-corrected chi connectivity index (χ0v) is 13.6. The maximum atomic E-state index is 13.2. The standard InChI is InChI=1S/C19H24N2O2/c22-17(20-12-4-1-5-13-20)19(10-11-19)18(23)21-14-6-8-15-7-2-3-9-16(15)21/h2-3,7,9H,1,4-6,8,10-14H2. The molecule has 2 aliphatic heterocycles. The van der Waals surface area contributed by atoms with Crippen LogP contribution < -0.4 is 4.90 Å². The van der Waals surface area contributed by atoms with Crippen LogP contribution in [0.3, 0.4) is 0 Å². The highest BCUT2D eigenvalue weighted by Gasteiger charge is 2.59. The van der Waals surface area contributed by atoms with E-state index < -0.39 is 5.41 Å². The van der Waals surface area contributed by atoms with Crippen LogP contribution in [0.15, 0.2) is 24.3 Å². The first-order valence-corrected chi connectivity index (χ1v) is 8.92. The summed E-state index contributed by atoms with van der Waals surface area (Å²) >= 11 is 0. The minimum absolute atomic E-state index is 0.0419. The number of carbonyl (C=O) groups is 2. The number of aryl methyl sites for hydroxylation is 1. The van der Waals surface area contributed by atoms with Crippen LogP contribution >= 0.6 is 0 Å². The summed E-state index contributed by atoms with van der Waals surface area (Å²) in [7, 11) is 0. The molecule has 3 aliphatic rings. The second-order valence-corrected chi connectivity index (χ2v) is 7.12. The fourth-order valence-corrected chi connectivity index (χ4v) is 4.05. The number of hydrogen-bond donors (Lipinski definition) is 0. The van der Waals surface area contributed by atoms with Crippen LogP contribution in [0.1, 0.15) is 44.1 Å². The summed E-state index contributed by atoms with van der Waals surface area (Å²) in [5.74, 6) is 0.130. The van der Waals surface area contributed by atoms with Gasteiger partial charge < -0.3 is 9.80 Å². The maximum Gasteiger partial charge on any atom is 0.242 e. The van der Waals surface area contributed by atoms with Crippen LogP contribution in [0.4, 0.5) is 5.69 Å². The molecule has 0 spiro atoms. The summed E-state index contributed by atoms with van der Waals surface area (Å²) < 4.78 is 0. The molecule has 1 aromatic rings. The Kier molecular flexibility index (Phi) is 3.63. The van der Waals surface area contributed by atoms with Crippen LogP contribution in [-0.2, 0) is 16.0 Å². The van der Waals surface area contributed by atoms with E-state index in [-0.39, 0.29) is 11.8 Å². The van der Waals surface area contributed by atoms with Gasteiger partial charge in [0.15, 0.2) is 0 Å². The van der Waals surface area contributed by atoms with Gasteiger partial charge in [0.05, 0.1) is 0 Å². The summed E-state index contributed by atoms with van der Waals surface area (Å²) in [6.07, 6.45) is 6.79. The van der Waals surface area contributed by atoms with Gasteiger partial charge in [-0.15, -0.1) is 0 Å². The van der Waals surface area contributed by atoms with E-state index in [1.54, 1.807) is 0 Å². The molecule has 2 fully saturated rings. The first-order valence-electron chi connectivity index (χ1n) is 8.92. The number of carbonyl (C=O) groups excluding carboxylic acids is 2. The van der Waals surface area contributed by atoms with Gasteiger partial charge in [-0.25, -0.2) is 0 Å².